The van der Waals surface area contributed by atoms with E-state index in [0.717, 1.165) is 25.7 Å². The maximum atomic E-state index is 12.6. The molecule has 0 saturated heterocycles. The minimum Gasteiger partial charge on any atom is -0.452 e. The fourth-order valence-electron chi connectivity index (χ4n) is 3.86. The number of carbonyl (C=O) groups is 3. The molecule has 2 aromatic carbocycles. The third-order valence-electron chi connectivity index (χ3n) is 5.59. The highest BCUT2D eigenvalue weighted by Gasteiger charge is 2.18. The van der Waals surface area contributed by atoms with E-state index in [9.17, 15) is 14.4 Å². The fraction of sp³-hybridized carbons (Fsp3) is 0.385. The molecular formula is C26H29N3O4S. The van der Waals surface area contributed by atoms with Crippen LogP contribution in [0, 0.1) is 11.3 Å². The summed E-state index contributed by atoms with van der Waals surface area (Å²) in [5, 5.41) is 14.8. The van der Waals surface area contributed by atoms with Crippen molar-refractivity contribution < 1.29 is 19.1 Å². The van der Waals surface area contributed by atoms with Crippen LogP contribution >= 0.6 is 11.8 Å². The number of rotatable bonds is 8. The zero-order valence-electron chi connectivity index (χ0n) is 19.0. The molecule has 1 saturated carbocycles. The van der Waals surface area contributed by atoms with Crippen molar-refractivity contribution in [1.82, 2.24) is 5.32 Å². The zero-order valence-corrected chi connectivity index (χ0v) is 19.9. The second kappa shape index (κ2) is 13.4. The topological polar surface area (TPSA) is 108 Å². The number of benzene rings is 2. The number of esters is 1. The summed E-state index contributed by atoms with van der Waals surface area (Å²) in [5.41, 5.74) is 0.982. The molecule has 0 bridgehead atoms. The molecule has 1 fully saturated rings. The molecule has 1 aliphatic carbocycles. The molecule has 2 N–H and O–H groups in total. The molecule has 0 unspecified atom stereocenters. The van der Waals surface area contributed by atoms with Gasteiger partial charge in [-0.1, -0.05) is 56.4 Å². The van der Waals surface area contributed by atoms with Crippen molar-refractivity contribution >= 4 is 35.2 Å². The van der Waals surface area contributed by atoms with Gasteiger partial charge in [0.1, 0.15) is 6.07 Å². The molecule has 0 radical (unpaired) electrons. The van der Waals surface area contributed by atoms with E-state index in [1.807, 2.05) is 6.07 Å². The predicted molar refractivity (Wildman–Crippen MR) is 131 cm³/mol. The van der Waals surface area contributed by atoms with Crippen LogP contribution < -0.4 is 10.6 Å². The molecule has 2 aromatic rings. The third kappa shape index (κ3) is 7.92. The molecule has 7 nitrogen and oxygen atoms in total. The van der Waals surface area contributed by atoms with Crippen LogP contribution in [0.2, 0.25) is 0 Å². The Labute approximate surface area is 204 Å². The number of anilines is 1. The zero-order chi connectivity index (χ0) is 24.2. The predicted octanol–water partition coefficient (Wildman–Crippen LogP) is 4.67. The monoisotopic (exact) mass is 479 g/mol. The van der Waals surface area contributed by atoms with Crippen LogP contribution in [0.1, 0.15) is 60.9 Å². The summed E-state index contributed by atoms with van der Waals surface area (Å²) in [6.45, 7) is -0.486. The van der Waals surface area contributed by atoms with Gasteiger partial charge in [-0.15, -0.1) is 11.8 Å². The van der Waals surface area contributed by atoms with Crippen LogP contribution in [0.5, 0.6) is 0 Å². The van der Waals surface area contributed by atoms with Crippen molar-refractivity contribution in [2.45, 2.75) is 55.9 Å². The summed E-state index contributed by atoms with van der Waals surface area (Å²) in [6.07, 6.45) is 8.03. The standard InChI is InChI=1S/C26H29N3O4S/c27-16-19-10-6-8-14-22(19)29-24(30)17-33-26(32)21-13-7-9-15-23(21)34-18-25(31)28-20-11-4-2-1-3-5-12-20/h6-10,13-15,20H,1-5,11-12,17-18H2,(H,28,31)(H,29,30). The Kier molecular flexibility index (Phi) is 9.98. The number of hydrogen-bond donors (Lipinski definition) is 2. The molecule has 2 amide bonds. The summed E-state index contributed by atoms with van der Waals surface area (Å²) in [7, 11) is 0. The number of ether oxygens (including phenoxy) is 1. The Morgan fingerprint density at radius 3 is 2.38 bits per heavy atom. The van der Waals surface area contributed by atoms with Gasteiger partial charge in [0.25, 0.3) is 5.91 Å². The van der Waals surface area contributed by atoms with E-state index in [4.69, 9.17) is 10.00 Å². The largest absolute Gasteiger partial charge is 0.452 e. The summed E-state index contributed by atoms with van der Waals surface area (Å²) >= 11 is 1.27. The van der Waals surface area contributed by atoms with Gasteiger partial charge in [0.15, 0.2) is 6.61 Å². The van der Waals surface area contributed by atoms with E-state index in [2.05, 4.69) is 10.6 Å². The highest BCUT2D eigenvalue weighted by molar-refractivity contribution is 8.00. The first kappa shape index (κ1) is 25.3. The second-order valence-electron chi connectivity index (χ2n) is 8.18. The number of hydrogen-bond acceptors (Lipinski definition) is 6. The lowest BCUT2D eigenvalue weighted by Crippen LogP contribution is -2.36. The molecule has 34 heavy (non-hydrogen) atoms. The van der Waals surface area contributed by atoms with Gasteiger partial charge in [-0.05, 0) is 37.1 Å². The normalized spacial score (nSPS) is 14.2. The van der Waals surface area contributed by atoms with Gasteiger partial charge >= 0.3 is 5.97 Å². The Morgan fingerprint density at radius 2 is 1.62 bits per heavy atom. The lowest BCUT2D eigenvalue weighted by molar-refractivity contribution is -0.120. The van der Waals surface area contributed by atoms with Crippen LogP contribution in [0.4, 0.5) is 5.69 Å². The van der Waals surface area contributed by atoms with E-state index in [1.54, 1.807) is 48.5 Å². The summed E-state index contributed by atoms with van der Waals surface area (Å²) in [5.74, 6) is -1.03. The molecule has 178 valence electrons. The molecule has 8 heteroatoms. The number of nitrogens with zero attached hydrogens (tertiary/aromatic N) is 1. The first-order valence-corrected chi connectivity index (χ1v) is 12.5. The Morgan fingerprint density at radius 1 is 0.941 bits per heavy atom. The van der Waals surface area contributed by atoms with Gasteiger partial charge < -0.3 is 15.4 Å². The van der Waals surface area contributed by atoms with Crippen LogP contribution in [-0.4, -0.2) is 36.2 Å². The second-order valence-corrected chi connectivity index (χ2v) is 9.19. The van der Waals surface area contributed by atoms with E-state index in [1.165, 1.54) is 31.0 Å². The van der Waals surface area contributed by atoms with Gasteiger partial charge in [-0.3, -0.25) is 9.59 Å². The first-order valence-electron chi connectivity index (χ1n) is 11.5. The highest BCUT2D eigenvalue weighted by Crippen LogP contribution is 2.24. The molecular weight excluding hydrogens is 450 g/mol. The SMILES string of the molecule is N#Cc1ccccc1NC(=O)COC(=O)c1ccccc1SCC(=O)NC1CCCCCCC1. The number of nitrogens with one attached hydrogen (secondary N) is 2. The van der Waals surface area contributed by atoms with Crippen molar-refractivity contribution in [3.8, 4) is 6.07 Å². The van der Waals surface area contributed by atoms with Gasteiger partial charge in [0.2, 0.25) is 5.91 Å². The van der Waals surface area contributed by atoms with E-state index in [-0.39, 0.29) is 17.7 Å². The van der Waals surface area contributed by atoms with Gasteiger partial charge in [0.05, 0.1) is 22.6 Å². The van der Waals surface area contributed by atoms with Crippen molar-refractivity contribution in [2.24, 2.45) is 0 Å². The number of para-hydroxylation sites is 1. The van der Waals surface area contributed by atoms with E-state index in [0.29, 0.717) is 21.7 Å². The fourth-order valence-corrected chi connectivity index (χ4v) is 4.71. The average molecular weight is 480 g/mol. The minimum absolute atomic E-state index is 0.0470. The molecule has 0 aromatic heterocycles. The highest BCUT2D eigenvalue weighted by atomic mass is 32.2. The van der Waals surface area contributed by atoms with Crippen molar-refractivity contribution in [3.05, 3.63) is 59.7 Å². The maximum Gasteiger partial charge on any atom is 0.339 e. The molecule has 1 aliphatic rings. The number of nitriles is 1. The Bertz CT molecular complexity index is 1040. The molecule has 0 heterocycles. The van der Waals surface area contributed by atoms with Crippen LogP contribution in [0.3, 0.4) is 0 Å². The van der Waals surface area contributed by atoms with Crippen LogP contribution in [-0.2, 0) is 14.3 Å². The number of thioether (sulfide) groups is 1. The minimum atomic E-state index is -0.646. The van der Waals surface area contributed by atoms with Gasteiger partial charge in [-0.2, -0.15) is 5.26 Å². The van der Waals surface area contributed by atoms with E-state index < -0.39 is 18.5 Å². The van der Waals surface area contributed by atoms with Crippen molar-refractivity contribution in [1.29, 1.82) is 5.26 Å². The number of carbonyl (C=O) groups excluding carboxylic acids is 3. The first-order chi connectivity index (χ1) is 16.6. The Hall–Kier alpha value is -3.31. The van der Waals surface area contributed by atoms with Gasteiger partial charge in [0, 0.05) is 10.9 Å². The smallest absolute Gasteiger partial charge is 0.339 e. The lowest BCUT2D eigenvalue weighted by atomic mass is 9.97. The van der Waals surface area contributed by atoms with Gasteiger partial charge in [-0.25, -0.2) is 4.79 Å². The van der Waals surface area contributed by atoms with Crippen molar-refractivity contribution in [2.75, 3.05) is 17.7 Å². The van der Waals surface area contributed by atoms with Crippen LogP contribution in [0.25, 0.3) is 0 Å². The molecule has 0 aliphatic heterocycles. The number of amides is 2. The third-order valence-corrected chi connectivity index (χ3v) is 6.67. The Balaban J connectivity index is 1.50. The lowest BCUT2D eigenvalue weighted by Gasteiger charge is -2.21. The summed E-state index contributed by atoms with van der Waals surface area (Å²) < 4.78 is 5.18. The molecule has 3 rings (SSSR count). The summed E-state index contributed by atoms with van der Waals surface area (Å²) in [4.78, 5) is 37.9. The maximum absolute atomic E-state index is 12.6. The van der Waals surface area contributed by atoms with Crippen molar-refractivity contribution in [3.63, 3.8) is 0 Å². The summed E-state index contributed by atoms with van der Waals surface area (Å²) in [6, 6.07) is 15.7. The van der Waals surface area contributed by atoms with E-state index >= 15 is 0 Å². The average Bonchev–Trinajstić information content (AvgIpc) is 2.83. The molecule has 0 spiro atoms. The van der Waals surface area contributed by atoms with Crippen LogP contribution in [0.15, 0.2) is 53.4 Å². The molecule has 0 atom stereocenters. The quantitative estimate of drug-likeness (QED) is 0.421.